The molecule has 1 aliphatic heterocycles. The summed E-state index contributed by atoms with van der Waals surface area (Å²) in [6.45, 7) is 27.1. The van der Waals surface area contributed by atoms with Gasteiger partial charge in [-0.3, -0.25) is 0 Å². The van der Waals surface area contributed by atoms with Gasteiger partial charge >= 0.3 is 295 Å². The maximum Gasteiger partial charge on any atom is 0.385 e. The van der Waals surface area contributed by atoms with Crippen LogP contribution in [0.3, 0.4) is 0 Å². The monoisotopic (exact) mass is 828 g/mol. The molecule has 2 atom stereocenters. The molecular weight excluding hydrogens is 765 g/mol. The number of alkyl halides is 6. The first-order valence-electron chi connectivity index (χ1n) is 19.5. The van der Waals surface area contributed by atoms with Gasteiger partial charge in [0, 0.05) is 0 Å². The zero-order valence-corrected chi connectivity index (χ0v) is 35.7. The third-order valence-corrected chi connectivity index (χ3v) is 13.8. The smallest absolute Gasteiger partial charge is 0.385 e. The van der Waals surface area contributed by atoms with Gasteiger partial charge in [0.25, 0.3) is 0 Å². The fraction of sp³-hybridized carbons (Fsp3) is 0.674. The largest absolute Gasteiger partial charge is 0.839 e. The van der Waals surface area contributed by atoms with Crippen molar-refractivity contribution in [2.75, 3.05) is 0 Å². The molecule has 2 unspecified atom stereocenters. The number of aromatic hydroxyl groups is 2. The predicted octanol–water partition coefficient (Wildman–Crippen LogP) is 10.5. The summed E-state index contributed by atoms with van der Waals surface area (Å²) in [5.41, 5.74) is 6.29. The molecule has 12 heteroatoms. The Balaban J connectivity index is 0.000000712. The maximum atomic E-state index is 11.8. The summed E-state index contributed by atoms with van der Waals surface area (Å²) < 4.78 is 70.4. The second-order valence-electron chi connectivity index (χ2n) is 17.7. The van der Waals surface area contributed by atoms with E-state index in [4.69, 9.17) is 0 Å². The minimum Gasteiger partial charge on any atom is -0.839 e. The van der Waals surface area contributed by atoms with Gasteiger partial charge in [-0.1, -0.05) is 0 Å². The fourth-order valence-corrected chi connectivity index (χ4v) is 8.23. The van der Waals surface area contributed by atoms with Crippen molar-refractivity contribution >= 4 is 12.4 Å². The standard InChI is InChI=1S/C40H62N2O2.C3HF6O.Co/c1-13-37(5,6)29-21-27(35(43)31(23-29)39(9,10)15-3)25-41-33-19-17-18-20-34(33)42-26-28-22-30(38(7,8)14-2)24-32(36(28)44)40(11,12)16-4;4-2(5,6)1(10)3(7,8)9;/h21-26,33-34,43-44H,13-20H2,1-12H3;1H;/q;-1;+2. The molecule has 0 aromatic heterocycles. The first kappa shape index (κ1) is 46.8. The average molecular weight is 829 g/mol. The van der Waals surface area contributed by atoms with E-state index in [1.165, 1.54) is 24.0 Å². The van der Waals surface area contributed by atoms with Gasteiger partial charge in [-0.05, 0) is 0 Å². The molecule has 1 saturated carbocycles. The molecule has 0 spiro atoms. The molecule has 4 rings (SSSR count). The van der Waals surface area contributed by atoms with Gasteiger partial charge in [0.15, 0.2) is 0 Å². The van der Waals surface area contributed by atoms with Gasteiger partial charge in [0.2, 0.25) is 0 Å². The molecule has 1 saturated heterocycles. The van der Waals surface area contributed by atoms with Crippen LogP contribution in [-0.4, -0.2) is 60.4 Å². The molecule has 313 valence electrons. The van der Waals surface area contributed by atoms with Crippen molar-refractivity contribution in [2.45, 2.75) is 187 Å². The number of hydrogen-bond acceptors (Lipinski definition) is 3. The first-order valence-corrected chi connectivity index (χ1v) is 20.4. The Hall–Kier alpha value is -2.57. The Kier molecular flexibility index (Phi) is 14.6. The van der Waals surface area contributed by atoms with Crippen LogP contribution in [0.25, 0.3) is 0 Å². The van der Waals surface area contributed by atoms with Gasteiger partial charge in [-0.25, -0.2) is 0 Å². The molecule has 2 fully saturated rings. The number of nitrogens with zero attached hydrogens (tertiary/aromatic N) is 2. The van der Waals surface area contributed by atoms with E-state index in [9.17, 15) is 41.7 Å². The number of halogens is 6. The zero-order valence-electron chi connectivity index (χ0n) is 34.7. The molecule has 2 aromatic carbocycles. The van der Waals surface area contributed by atoms with Crippen LogP contribution in [0.5, 0.6) is 11.5 Å². The van der Waals surface area contributed by atoms with Crippen LogP contribution < -0.4 is 5.11 Å². The van der Waals surface area contributed by atoms with Crippen molar-refractivity contribution in [3.05, 3.63) is 57.6 Å². The number of phenols is 2. The van der Waals surface area contributed by atoms with Gasteiger partial charge in [-0.15, -0.1) is 0 Å². The summed E-state index contributed by atoms with van der Waals surface area (Å²) in [5.74, 6) is 0.834. The topological polar surface area (TPSA) is 69.5 Å². The van der Waals surface area contributed by atoms with Crippen LogP contribution in [0.15, 0.2) is 24.3 Å². The van der Waals surface area contributed by atoms with Gasteiger partial charge in [0.05, 0.1) is 6.10 Å². The van der Waals surface area contributed by atoms with Crippen LogP contribution in [0.4, 0.5) is 26.3 Å². The number of rotatable bonds is 10. The summed E-state index contributed by atoms with van der Waals surface area (Å²) in [6, 6.07) is 9.71. The predicted molar refractivity (Wildman–Crippen MR) is 202 cm³/mol. The van der Waals surface area contributed by atoms with E-state index in [-0.39, 0.29) is 21.7 Å². The van der Waals surface area contributed by atoms with Crippen molar-refractivity contribution in [1.29, 1.82) is 0 Å². The Morgan fingerprint density at radius 3 is 1.18 bits per heavy atom. The molecular formula is C43H63CoF6N2O3+. The van der Waals surface area contributed by atoms with Crippen molar-refractivity contribution in [1.82, 2.24) is 0 Å². The number of benzene rings is 2. The second-order valence-corrected chi connectivity index (χ2v) is 19.0. The molecule has 0 bridgehead atoms. The number of phenolic OH excluding ortho intramolecular Hbond substituents is 2. The molecule has 0 radical (unpaired) electrons. The Morgan fingerprint density at radius 1 is 0.618 bits per heavy atom. The molecule has 5 nitrogen and oxygen atoms in total. The number of hydrogen-bond donors (Lipinski definition) is 2. The summed E-state index contributed by atoms with van der Waals surface area (Å²) in [6.07, 6.45) is -2.80. The average Bonchev–Trinajstić information content (AvgIpc) is 3.45. The quantitative estimate of drug-likeness (QED) is 0.235. The third-order valence-electron chi connectivity index (χ3n) is 12.4. The van der Waals surface area contributed by atoms with Crippen molar-refractivity contribution in [3.63, 3.8) is 0 Å². The molecule has 2 N–H and O–H groups in total. The normalized spacial score (nSPS) is 20.4. The van der Waals surface area contributed by atoms with Crippen molar-refractivity contribution in [3.8, 4) is 11.5 Å². The second kappa shape index (κ2) is 17.1. The SMILES string of the molecule is CCC(C)(C)c1cc(C=[N+]2[Co][N+](=Cc3cc(C(C)(C)CC)cc(C(C)(C)CC)c3O)C3CCCCC32)c(O)c(C(C)(C)CC)c1.[O-]C(C(F)(F)F)C(F)(F)F. The van der Waals surface area contributed by atoms with Crippen LogP contribution in [0.1, 0.15) is 168 Å². The van der Waals surface area contributed by atoms with E-state index >= 15 is 0 Å². The van der Waals surface area contributed by atoms with Crippen molar-refractivity contribution < 1.29 is 64.0 Å². The molecule has 1 aliphatic carbocycles. The fourth-order valence-electron chi connectivity index (χ4n) is 6.61. The van der Waals surface area contributed by atoms with Gasteiger partial charge in [-0.2, -0.15) is 26.3 Å². The molecule has 55 heavy (non-hydrogen) atoms. The Labute approximate surface area is 331 Å². The molecule has 2 aromatic rings. The van der Waals surface area contributed by atoms with E-state index in [0.29, 0.717) is 23.6 Å². The van der Waals surface area contributed by atoms with E-state index < -0.39 is 18.5 Å². The number of fused-ring (bicyclic) bond motifs is 1. The minimum absolute atomic E-state index is 0.0171. The van der Waals surface area contributed by atoms with Crippen LogP contribution in [0.2, 0.25) is 0 Å². The zero-order chi connectivity index (χ0) is 42.1. The third kappa shape index (κ3) is 10.7. The van der Waals surface area contributed by atoms with Crippen LogP contribution in [-0.2, 0) is 36.8 Å². The van der Waals surface area contributed by atoms with E-state index in [1.807, 2.05) is 0 Å². The summed E-state index contributed by atoms with van der Waals surface area (Å²) >= 11 is 1.12. The van der Waals surface area contributed by atoms with Gasteiger partial charge in [0.1, 0.15) is 0 Å². The van der Waals surface area contributed by atoms with Crippen LogP contribution >= 0.6 is 0 Å². The molecule has 2 aliphatic rings. The first-order chi connectivity index (χ1) is 25.1. The minimum atomic E-state index is -5.74. The Morgan fingerprint density at radius 2 is 0.927 bits per heavy atom. The van der Waals surface area contributed by atoms with Gasteiger partial charge < -0.3 is 5.11 Å². The Bertz CT molecular complexity index is 1600. The van der Waals surface area contributed by atoms with Crippen LogP contribution in [0, 0.1) is 0 Å². The summed E-state index contributed by atoms with van der Waals surface area (Å²) in [4.78, 5) is 0. The van der Waals surface area contributed by atoms with E-state index in [1.54, 1.807) is 0 Å². The molecule has 0 amide bonds. The maximum absolute atomic E-state index is 11.8. The molecule has 1 heterocycles. The van der Waals surface area contributed by atoms with E-state index in [0.717, 1.165) is 75.9 Å². The van der Waals surface area contributed by atoms with E-state index in [2.05, 4.69) is 127 Å². The summed E-state index contributed by atoms with van der Waals surface area (Å²) in [7, 11) is 0. The summed E-state index contributed by atoms with van der Waals surface area (Å²) in [5, 5.41) is 32.8. The van der Waals surface area contributed by atoms with Crippen molar-refractivity contribution in [2.24, 2.45) is 0 Å².